The first-order valence-electron chi connectivity index (χ1n) is 10.3. The number of benzene rings is 2. The van der Waals surface area contributed by atoms with E-state index in [-0.39, 0.29) is 0 Å². The molecule has 166 valence electrons. The van der Waals surface area contributed by atoms with E-state index in [1.807, 2.05) is 34.9 Å². The van der Waals surface area contributed by atoms with Crippen molar-refractivity contribution in [3.8, 4) is 27.7 Å². The molecule has 0 radical (unpaired) electrons. The third-order valence-electron chi connectivity index (χ3n) is 5.16. The SMILES string of the molecule is COc1ccc(-n2c(CSc3nc(-c4cccs4)cn3-c3ccc(C)cc3)n[nH]c2=S)cc1. The van der Waals surface area contributed by atoms with Crippen molar-refractivity contribution >= 4 is 35.3 Å². The Kier molecular flexibility index (Phi) is 6.17. The molecule has 1 N–H and O–H groups in total. The van der Waals surface area contributed by atoms with E-state index < -0.39 is 0 Å². The molecule has 9 heteroatoms. The number of aryl methyl sites for hydroxylation is 1. The molecule has 0 saturated carbocycles. The Morgan fingerprint density at radius 2 is 1.82 bits per heavy atom. The van der Waals surface area contributed by atoms with Gasteiger partial charge in [-0.3, -0.25) is 14.2 Å². The Labute approximate surface area is 204 Å². The third kappa shape index (κ3) is 4.52. The molecule has 5 rings (SSSR count). The van der Waals surface area contributed by atoms with Crippen molar-refractivity contribution in [2.45, 2.75) is 17.8 Å². The first-order chi connectivity index (χ1) is 16.1. The largest absolute Gasteiger partial charge is 0.497 e. The molecular formula is C24H21N5OS3. The van der Waals surface area contributed by atoms with E-state index in [0.29, 0.717) is 10.5 Å². The van der Waals surface area contributed by atoms with Gasteiger partial charge in [0.2, 0.25) is 0 Å². The average molecular weight is 492 g/mol. The van der Waals surface area contributed by atoms with E-state index in [1.165, 1.54) is 5.56 Å². The van der Waals surface area contributed by atoms with E-state index in [0.717, 1.165) is 38.7 Å². The normalized spacial score (nSPS) is 11.1. The van der Waals surface area contributed by atoms with Crippen LogP contribution in [0.3, 0.4) is 0 Å². The molecule has 5 aromatic rings. The number of H-pyrrole nitrogens is 1. The summed E-state index contributed by atoms with van der Waals surface area (Å²) in [5.41, 5.74) is 4.20. The van der Waals surface area contributed by atoms with Crippen LogP contribution >= 0.6 is 35.3 Å². The molecule has 0 unspecified atom stereocenters. The fourth-order valence-corrected chi connectivity index (χ4v) is 5.30. The van der Waals surface area contributed by atoms with Gasteiger partial charge in [0, 0.05) is 17.6 Å². The van der Waals surface area contributed by atoms with Crippen molar-refractivity contribution in [3.05, 3.63) is 88.4 Å². The van der Waals surface area contributed by atoms with E-state index in [1.54, 1.807) is 30.2 Å². The summed E-state index contributed by atoms with van der Waals surface area (Å²) in [5, 5.41) is 10.4. The van der Waals surface area contributed by atoms with Gasteiger partial charge in [0.25, 0.3) is 0 Å². The topological polar surface area (TPSA) is 60.7 Å². The van der Waals surface area contributed by atoms with E-state index in [4.69, 9.17) is 21.9 Å². The predicted molar refractivity (Wildman–Crippen MR) is 136 cm³/mol. The van der Waals surface area contributed by atoms with Crippen LogP contribution in [0.4, 0.5) is 0 Å². The lowest BCUT2D eigenvalue weighted by atomic mass is 10.2. The summed E-state index contributed by atoms with van der Waals surface area (Å²) < 4.78 is 9.91. The van der Waals surface area contributed by atoms with Gasteiger partial charge in [-0.1, -0.05) is 35.5 Å². The standard InChI is InChI=1S/C24H21N5OS3/c1-16-5-7-17(8-6-16)28-14-20(21-4-3-13-32-21)25-24(28)33-15-22-26-27-23(31)29(22)18-9-11-19(30-2)12-10-18/h3-14H,15H2,1-2H3,(H,27,31). The smallest absolute Gasteiger partial charge is 0.199 e. The van der Waals surface area contributed by atoms with Crippen molar-refractivity contribution in [1.29, 1.82) is 0 Å². The minimum atomic E-state index is 0.553. The van der Waals surface area contributed by atoms with Gasteiger partial charge in [0.1, 0.15) is 11.6 Å². The molecule has 0 bridgehead atoms. The van der Waals surface area contributed by atoms with Crippen molar-refractivity contribution < 1.29 is 4.74 Å². The van der Waals surface area contributed by atoms with Gasteiger partial charge in [-0.05, 0) is 67.0 Å². The lowest BCUT2D eigenvalue weighted by molar-refractivity contribution is 0.414. The second-order valence-electron chi connectivity index (χ2n) is 7.36. The molecule has 0 spiro atoms. The predicted octanol–water partition coefficient (Wildman–Crippen LogP) is 6.45. The number of imidazole rings is 1. The van der Waals surface area contributed by atoms with Gasteiger partial charge in [-0.25, -0.2) is 4.98 Å². The molecule has 2 aromatic carbocycles. The molecule has 3 heterocycles. The second-order valence-corrected chi connectivity index (χ2v) is 9.64. The van der Waals surface area contributed by atoms with Crippen LogP contribution in [0.25, 0.3) is 21.9 Å². The average Bonchev–Trinajstić information content (AvgIpc) is 3.58. The molecule has 3 aromatic heterocycles. The molecule has 0 aliphatic rings. The molecule has 0 aliphatic heterocycles. The minimum Gasteiger partial charge on any atom is -0.497 e. The maximum absolute atomic E-state index is 5.50. The van der Waals surface area contributed by atoms with Crippen LogP contribution in [-0.2, 0) is 5.75 Å². The molecule has 0 aliphatic carbocycles. The van der Waals surface area contributed by atoms with Crippen molar-refractivity contribution in [1.82, 2.24) is 24.3 Å². The van der Waals surface area contributed by atoms with Gasteiger partial charge in [0.05, 0.1) is 23.4 Å². The Balaban J connectivity index is 1.47. The quantitative estimate of drug-likeness (QED) is 0.209. The Morgan fingerprint density at radius 3 is 2.52 bits per heavy atom. The number of aromatic nitrogens is 5. The number of nitrogens with one attached hydrogen (secondary N) is 1. The third-order valence-corrected chi connectivity index (χ3v) is 7.28. The highest BCUT2D eigenvalue weighted by molar-refractivity contribution is 7.98. The molecule has 0 saturated heterocycles. The number of nitrogens with zero attached hydrogens (tertiary/aromatic N) is 4. The molecular weight excluding hydrogens is 470 g/mol. The summed E-state index contributed by atoms with van der Waals surface area (Å²) in [7, 11) is 1.65. The zero-order valence-electron chi connectivity index (χ0n) is 18.1. The summed E-state index contributed by atoms with van der Waals surface area (Å²) in [5.74, 6) is 2.23. The number of ether oxygens (including phenoxy) is 1. The summed E-state index contributed by atoms with van der Waals surface area (Å²) in [6, 6.07) is 20.4. The molecule has 6 nitrogen and oxygen atoms in total. The lowest BCUT2D eigenvalue weighted by Gasteiger charge is -2.09. The van der Waals surface area contributed by atoms with Crippen LogP contribution in [0.5, 0.6) is 5.75 Å². The van der Waals surface area contributed by atoms with E-state index in [2.05, 4.69) is 63.6 Å². The summed E-state index contributed by atoms with van der Waals surface area (Å²) in [4.78, 5) is 6.09. The number of thioether (sulfide) groups is 1. The summed E-state index contributed by atoms with van der Waals surface area (Å²) in [6.45, 7) is 2.09. The molecule has 33 heavy (non-hydrogen) atoms. The molecule has 0 amide bonds. The van der Waals surface area contributed by atoms with E-state index >= 15 is 0 Å². The highest BCUT2D eigenvalue weighted by atomic mass is 32.2. The highest BCUT2D eigenvalue weighted by Gasteiger charge is 2.15. The highest BCUT2D eigenvalue weighted by Crippen LogP contribution is 2.31. The van der Waals surface area contributed by atoms with Crippen LogP contribution in [0, 0.1) is 11.7 Å². The number of rotatable bonds is 7. The van der Waals surface area contributed by atoms with Crippen LogP contribution < -0.4 is 4.74 Å². The fraction of sp³-hybridized carbons (Fsp3) is 0.125. The molecule has 0 fully saturated rings. The lowest BCUT2D eigenvalue weighted by Crippen LogP contribution is -2.01. The molecule has 0 atom stereocenters. The van der Waals surface area contributed by atoms with Crippen molar-refractivity contribution in [2.75, 3.05) is 7.11 Å². The van der Waals surface area contributed by atoms with Gasteiger partial charge in [0.15, 0.2) is 9.93 Å². The zero-order valence-corrected chi connectivity index (χ0v) is 20.5. The van der Waals surface area contributed by atoms with Crippen LogP contribution in [0.15, 0.2) is 77.4 Å². The minimum absolute atomic E-state index is 0.553. The number of aromatic amines is 1. The Hall–Kier alpha value is -3.14. The van der Waals surface area contributed by atoms with Crippen LogP contribution in [0.2, 0.25) is 0 Å². The van der Waals surface area contributed by atoms with Crippen LogP contribution in [-0.4, -0.2) is 31.4 Å². The van der Waals surface area contributed by atoms with Gasteiger partial charge < -0.3 is 4.74 Å². The van der Waals surface area contributed by atoms with Crippen molar-refractivity contribution in [3.63, 3.8) is 0 Å². The van der Waals surface area contributed by atoms with Gasteiger partial charge in [-0.2, -0.15) is 5.10 Å². The maximum Gasteiger partial charge on any atom is 0.199 e. The van der Waals surface area contributed by atoms with Crippen molar-refractivity contribution in [2.24, 2.45) is 0 Å². The van der Waals surface area contributed by atoms with Crippen LogP contribution in [0.1, 0.15) is 11.4 Å². The number of methoxy groups -OCH3 is 1. The Morgan fingerprint density at radius 1 is 1.06 bits per heavy atom. The maximum atomic E-state index is 5.50. The first-order valence-corrected chi connectivity index (χ1v) is 12.5. The van der Waals surface area contributed by atoms with E-state index in [9.17, 15) is 0 Å². The number of thiophene rings is 1. The second kappa shape index (κ2) is 9.38. The first kappa shape index (κ1) is 21.7. The van der Waals surface area contributed by atoms with Gasteiger partial charge >= 0.3 is 0 Å². The summed E-state index contributed by atoms with van der Waals surface area (Å²) >= 11 is 8.82. The number of hydrogen-bond acceptors (Lipinski definition) is 6. The number of hydrogen-bond donors (Lipinski definition) is 1. The monoisotopic (exact) mass is 491 g/mol. The fourth-order valence-electron chi connectivity index (χ4n) is 3.45. The Bertz CT molecular complexity index is 1410. The summed E-state index contributed by atoms with van der Waals surface area (Å²) in [6.07, 6.45) is 2.10. The van der Waals surface area contributed by atoms with Gasteiger partial charge in [-0.15, -0.1) is 11.3 Å². The zero-order chi connectivity index (χ0) is 22.8.